The van der Waals surface area contributed by atoms with E-state index in [1.54, 1.807) is 0 Å². The molecule has 1 aliphatic heterocycles. The lowest BCUT2D eigenvalue weighted by Crippen LogP contribution is -2.03. The number of rotatable bonds is 4. The summed E-state index contributed by atoms with van der Waals surface area (Å²) in [5.41, 5.74) is 0.760. The largest absolute Gasteiger partial charge is 0.455 e. The van der Waals surface area contributed by atoms with Crippen LogP contribution in [0.1, 0.15) is 26.2 Å². The number of carbonyl (C=O) groups excluding carboxylic acids is 1. The van der Waals surface area contributed by atoms with Gasteiger partial charge in [-0.1, -0.05) is 0 Å². The lowest BCUT2D eigenvalue weighted by Gasteiger charge is -1.98. The van der Waals surface area contributed by atoms with Gasteiger partial charge in [-0.3, -0.25) is 0 Å². The Bertz CT molecular complexity index is 196. The maximum absolute atomic E-state index is 11.0. The van der Waals surface area contributed by atoms with Crippen LogP contribution >= 0.6 is 0 Å². The maximum atomic E-state index is 11.0. The lowest BCUT2D eigenvalue weighted by atomic mass is 10.1. The summed E-state index contributed by atoms with van der Waals surface area (Å²) in [5, 5.41) is 8.52. The standard InChI is InChI=1S/C9H14O3/c1-7-6-8(9(11)12-7)4-2-3-5-10/h6-7,10H,2-5H2,1H3/t7-/m0/s1. The van der Waals surface area contributed by atoms with Crippen LogP contribution in [-0.4, -0.2) is 23.8 Å². The van der Waals surface area contributed by atoms with Crippen molar-refractivity contribution in [3.8, 4) is 0 Å². The molecule has 0 radical (unpaired) electrons. The molecule has 0 spiro atoms. The summed E-state index contributed by atoms with van der Waals surface area (Å²) >= 11 is 0. The van der Waals surface area contributed by atoms with Crippen molar-refractivity contribution >= 4 is 5.97 Å². The number of hydrogen-bond acceptors (Lipinski definition) is 3. The first-order valence-corrected chi connectivity index (χ1v) is 4.26. The van der Waals surface area contributed by atoms with E-state index in [2.05, 4.69) is 0 Å². The molecule has 0 aliphatic carbocycles. The molecule has 68 valence electrons. The van der Waals surface area contributed by atoms with Crippen molar-refractivity contribution in [1.29, 1.82) is 0 Å². The van der Waals surface area contributed by atoms with Gasteiger partial charge in [0, 0.05) is 12.2 Å². The number of esters is 1. The third-order valence-corrected chi connectivity index (χ3v) is 1.85. The molecule has 0 bridgehead atoms. The number of aliphatic hydroxyl groups excluding tert-OH is 1. The highest BCUT2D eigenvalue weighted by Gasteiger charge is 2.20. The molecule has 1 N–H and O–H groups in total. The van der Waals surface area contributed by atoms with Crippen LogP contribution in [0, 0.1) is 0 Å². The Balaban J connectivity index is 2.31. The maximum Gasteiger partial charge on any atom is 0.334 e. The fourth-order valence-corrected chi connectivity index (χ4v) is 1.24. The highest BCUT2D eigenvalue weighted by atomic mass is 16.5. The van der Waals surface area contributed by atoms with Gasteiger partial charge in [0.05, 0.1) is 0 Å². The van der Waals surface area contributed by atoms with Gasteiger partial charge in [0.1, 0.15) is 6.10 Å². The molecule has 0 saturated heterocycles. The van der Waals surface area contributed by atoms with E-state index in [1.165, 1.54) is 0 Å². The van der Waals surface area contributed by atoms with Crippen LogP contribution in [0.25, 0.3) is 0 Å². The van der Waals surface area contributed by atoms with Gasteiger partial charge in [-0.2, -0.15) is 0 Å². The van der Waals surface area contributed by atoms with Gasteiger partial charge in [-0.05, 0) is 32.3 Å². The average Bonchev–Trinajstić information content (AvgIpc) is 2.31. The zero-order chi connectivity index (χ0) is 8.97. The minimum Gasteiger partial charge on any atom is -0.455 e. The van der Waals surface area contributed by atoms with Crippen LogP contribution < -0.4 is 0 Å². The highest BCUT2D eigenvalue weighted by molar-refractivity contribution is 5.90. The van der Waals surface area contributed by atoms with Gasteiger partial charge in [0.15, 0.2) is 0 Å². The Labute approximate surface area is 72.0 Å². The lowest BCUT2D eigenvalue weighted by molar-refractivity contribution is -0.139. The van der Waals surface area contributed by atoms with E-state index < -0.39 is 0 Å². The second-order valence-electron chi connectivity index (χ2n) is 2.98. The predicted molar refractivity (Wildman–Crippen MR) is 44.6 cm³/mol. The average molecular weight is 170 g/mol. The third kappa shape index (κ3) is 2.34. The van der Waals surface area contributed by atoms with Gasteiger partial charge in [0.25, 0.3) is 0 Å². The molecule has 12 heavy (non-hydrogen) atoms. The topological polar surface area (TPSA) is 46.5 Å². The summed E-state index contributed by atoms with van der Waals surface area (Å²) < 4.78 is 4.91. The van der Waals surface area contributed by atoms with E-state index in [0.29, 0.717) is 0 Å². The zero-order valence-corrected chi connectivity index (χ0v) is 7.25. The molecule has 3 heteroatoms. The fourth-order valence-electron chi connectivity index (χ4n) is 1.24. The normalized spacial score (nSPS) is 22.3. The van der Waals surface area contributed by atoms with Crippen LogP contribution in [0.15, 0.2) is 11.6 Å². The van der Waals surface area contributed by atoms with Gasteiger partial charge in [-0.25, -0.2) is 4.79 Å². The Morgan fingerprint density at radius 2 is 2.33 bits per heavy atom. The molecule has 0 aromatic heterocycles. The van der Waals surface area contributed by atoms with E-state index in [9.17, 15) is 4.79 Å². The molecule has 0 amide bonds. The minimum atomic E-state index is -0.194. The van der Waals surface area contributed by atoms with Gasteiger partial charge in [-0.15, -0.1) is 0 Å². The molecule has 0 aromatic rings. The predicted octanol–water partition coefficient (Wildman–Crippen LogP) is 1.02. The molecule has 1 rings (SSSR count). The number of aliphatic hydroxyl groups is 1. The summed E-state index contributed by atoms with van der Waals surface area (Å²) in [7, 11) is 0. The van der Waals surface area contributed by atoms with E-state index >= 15 is 0 Å². The molecule has 1 atom stereocenters. The molecule has 0 saturated carbocycles. The van der Waals surface area contributed by atoms with Crippen LogP contribution in [0.2, 0.25) is 0 Å². The highest BCUT2D eigenvalue weighted by Crippen LogP contribution is 2.18. The van der Waals surface area contributed by atoms with Gasteiger partial charge in [0.2, 0.25) is 0 Å². The SMILES string of the molecule is C[C@H]1C=C(CCCCO)C(=O)O1. The van der Waals surface area contributed by atoms with E-state index in [4.69, 9.17) is 9.84 Å². The Hall–Kier alpha value is -0.830. The number of cyclic esters (lactones) is 1. The summed E-state index contributed by atoms with van der Waals surface area (Å²) in [6, 6.07) is 0. The van der Waals surface area contributed by atoms with Gasteiger partial charge < -0.3 is 9.84 Å². The molecule has 0 unspecified atom stereocenters. The van der Waals surface area contributed by atoms with Crippen molar-refractivity contribution in [3.63, 3.8) is 0 Å². The van der Waals surface area contributed by atoms with Crippen molar-refractivity contribution < 1.29 is 14.6 Å². The number of hydrogen-bond donors (Lipinski definition) is 1. The van der Waals surface area contributed by atoms with Crippen molar-refractivity contribution in [2.75, 3.05) is 6.61 Å². The summed E-state index contributed by atoms with van der Waals surface area (Å²) in [6.07, 6.45) is 4.11. The van der Waals surface area contributed by atoms with Crippen LogP contribution in [-0.2, 0) is 9.53 Å². The first-order chi connectivity index (χ1) is 5.74. The van der Waals surface area contributed by atoms with Crippen molar-refractivity contribution in [2.24, 2.45) is 0 Å². The molecular formula is C9H14O3. The summed E-state index contributed by atoms with van der Waals surface area (Å²) in [6.45, 7) is 2.04. The van der Waals surface area contributed by atoms with E-state index in [0.717, 1.165) is 24.8 Å². The Morgan fingerprint density at radius 3 is 2.83 bits per heavy atom. The van der Waals surface area contributed by atoms with E-state index in [-0.39, 0.29) is 18.7 Å². The van der Waals surface area contributed by atoms with Crippen molar-refractivity contribution in [2.45, 2.75) is 32.3 Å². The fraction of sp³-hybridized carbons (Fsp3) is 0.667. The van der Waals surface area contributed by atoms with Crippen molar-refractivity contribution in [3.05, 3.63) is 11.6 Å². The van der Waals surface area contributed by atoms with Crippen LogP contribution in [0.3, 0.4) is 0 Å². The van der Waals surface area contributed by atoms with E-state index in [1.807, 2.05) is 13.0 Å². The molecule has 1 aliphatic rings. The quantitative estimate of drug-likeness (QED) is 0.506. The summed E-state index contributed by atoms with van der Waals surface area (Å²) in [5.74, 6) is -0.194. The Kier molecular flexibility index (Phi) is 3.29. The molecule has 0 fully saturated rings. The van der Waals surface area contributed by atoms with Crippen LogP contribution in [0.4, 0.5) is 0 Å². The number of ether oxygens (including phenoxy) is 1. The minimum absolute atomic E-state index is 0.0679. The molecule has 0 aromatic carbocycles. The van der Waals surface area contributed by atoms with Crippen LogP contribution in [0.5, 0.6) is 0 Å². The molecule has 3 nitrogen and oxygen atoms in total. The second kappa shape index (κ2) is 4.26. The number of carbonyl (C=O) groups is 1. The summed E-state index contributed by atoms with van der Waals surface area (Å²) in [4.78, 5) is 11.0. The molecule has 1 heterocycles. The monoisotopic (exact) mass is 170 g/mol. The first kappa shape index (κ1) is 9.26. The van der Waals surface area contributed by atoms with Gasteiger partial charge >= 0.3 is 5.97 Å². The number of unbranched alkanes of at least 4 members (excludes halogenated alkanes) is 1. The Morgan fingerprint density at radius 1 is 1.58 bits per heavy atom. The molecular weight excluding hydrogens is 156 g/mol. The zero-order valence-electron chi connectivity index (χ0n) is 7.25. The third-order valence-electron chi connectivity index (χ3n) is 1.85. The first-order valence-electron chi connectivity index (χ1n) is 4.26. The second-order valence-corrected chi connectivity index (χ2v) is 2.98. The smallest absolute Gasteiger partial charge is 0.334 e. The van der Waals surface area contributed by atoms with Crippen molar-refractivity contribution in [1.82, 2.24) is 0 Å².